The summed E-state index contributed by atoms with van der Waals surface area (Å²) in [5, 5.41) is 0.425. The number of nitrogens with zero attached hydrogens (tertiary/aromatic N) is 1. The summed E-state index contributed by atoms with van der Waals surface area (Å²) < 4.78 is 11.1. The normalized spacial score (nSPS) is 14.9. The molecule has 1 aromatic rings. The summed E-state index contributed by atoms with van der Waals surface area (Å²) in [6.45, 7) is 6.48. The zero-order valence-corrected chi connectivity index (χ0v) is 15.0. The van der Waals surface area contributed by atoms with Crippen LogP contribution >= 0.6 is 11.6 Å². The molecule has 5 heteroatoms. The van der Waals surface area contributed by atoms with Gasteiger partial charge in [-0.05, 0) is 43.7 Å². The second kappa shape index (κ2) is 8.44. The summed E-state index contributed by atoms with van der Waals surface area (Å²) in [4.78, 5) is 14.5. The number of likely N-dealkylation sites (tertiary alicyclic amines) is 1. The van der Waals surface area contributed by atoms with Gasteiger partial charge in [0.25, 0.3) is 5.91 Å². The van der Waals surface area contributed by atoms with Crippen molar-refractivity contribution in [2.75, 3.05) is 26.8 Å². The van der Waals surface area contributed by atoms with Crippen molar-refractivity contribution in [1.29, 1.82) is 0 Å². The summed E-state index contributed by atoms with van der Waals surface area (Å²) >= 11 is 6.34. The fourth-order valence-electron chi connectivity index (χ4n) is 2.66. The SMILES string of the molecule is COc1cc(C(=O)N2CCCCC2)cc(Cl)c1OCCC(C)C. The standard InChI is InChI=1S/C18H26ClNO3/c1-13(2)7-10-23-17-15(19)11-14(12-16(17)22-3)18(21)20-8-5-4-6-9-20/h11-13H,4-10H2,1-3H3. The second-order valence-electron chi connectivity index (χ2n) is 6.37. The molecule has 1 aliphatic rings. The lowest BCUT2D eigenvalue weighted by Gasteiger charge is -2.27. The number of carbonyl (C=O) groups is 1. The Morgan fingerprint density at radius 3 is 2.57 bits per heavy atom. The number of halogens is 1. The minimum Gasteiger partial charge on any atom is -0.493 e. The molecular weight excluding hydrogens is 314 g/mol. The second-order valence-corrected chi connectivity index (χ2v) is 6.78. The van der Waals surface area contributed by atoms with Crippen LogP contribution in [0.2, 0.25) is 5.02 Å². The molecule has 1 aromatic carbocycles. The Bertz CT molecular complexity index is 539. The van der Waals surface area contributed by atoms with Crippen LogP contribution < -0.4 is 9.47 Å². The van der Waals surface area contributed by atoms with Gasteiger partial charge in [-0.25, -0.2) is 0 Å². The highest BCUT2D eigenvalue weighted by molar-refractivity contribution is 6.32. The fourth-order valence-corrected chi connectivity index (χ4v) is 2.92. The molecule has 0 aliphatic carbocycles. The number of amides is 1. The van der Waals surface area contributed by atoms with Crippen molar-refractivity contribution < 1.29 is 14.3 Å². The molecule has 0 atom stereocenters. The molecule has 1 amide bonds. The predicted molar refractivity (Wildman–Crippen MR) is 92.7 cm³/mol. The molecule has 0 N–H and O–H groups in total. The summed E-state index contributed by atoms with van der Waals surface area (Å²) in [5.74, 6) is 1.60. The van der Waals surface area contributed by atoms with Crippen LogP contribution in [0.25, 0.3) is 0 Å². The molecule has 0 bridgehead atoms. The van der Waals surface area contributed by atoms with Crippen LogP contribution in [0.4, 0.5) is 0 Å². The summed E-state index contributed by atoms with van der Waals surface area (Å²) in [6.07, 6.45) is 4.25. The Morgan fingerprint density at radius 1 is 1.26 bits per heavy atom. The largest absolute Gasteiger partial charge is 0.493 e. The van der Waals surface area contributed by atoms with Gasteiger partial charge < -0.3 is 14.4 Å². The first kappa shape index (κ1) is 17.9. The molecule has 0 saturated carbocycles. The van der Waals surface area contributed by atoms with Crippen LogP contribution in [0, 0.1) is 5.92 Å². The van der Waals surface area contributed by atoms with Gasteiger partial charge in [0.1, 0.15) is 0 Å². The first-order chi connectivity index (χ1) is 11.0. The van der Waals surface area contributed by atoms with Gasteiger partial charge in [0.15, 0.2) is 11.5 Å². The maximum atomic E-state index is 12.6. The highest BCUT2D eigenvalue weighted by atomic mass is 35.5. The monoisotopic (exact) mass is 339 g/mol. The fraction of sp³-hybridized carbons (Fsp3) is 0.611. The minimum atomic E-state index is 0.0126. The average molecular weight is 340 g/mol. The van der Waals surface area contributed by atoms with Crippen LogP contribution in [0.1, 0.15) is 49.9 Å². The summed E-state index contributed by atoms with van der Waals surface area (Å²) in [5.41, 5.74) is 0.560. The molecule has 2 rings (SSSR count). The van der Waals surface area contributed by atoms with E-state index in [2.05, 4.69) is 13.8 Å². The lowest BCUT2D eigenvalue weighted by atomic mass is 10.1. The number of ether oxygens (including phenoxy) is 2. The maximum absolute atomic E-state index is 12.6. The van der Waals surface area contributed by atoms with Crippen LogP contribution in [-0.2, 0) is 0 Å². The van der Waals surface area contributed by atoms with Gasteiger partial charge in [0.05, 0.1) is 18.7 Å². The van der Waals surface area contributed by atoms with Crippen LogP contribution in [0.5, 0.6) is 11.5 Å². The molecule has 1 aliphatic heterocycles. The Balaban J connectivity index is 2.16. The predicted octanol–water partition coefficient (Wildman–Crippen LogP) is 4.40. The van der Waals surface area contributed by atoms with Crippen molar-refractivity contribution in [2.24, 2.45) is 5.92 Å². The Labute approximate surface area is 143 Å². The molecule has 0 aromatic heterocycles. The Kier molecular flexibility index (Phi) is 6.58. The summed E-state index contributed by atoms with van der Waals surface area (Å²) in [6, 6.07) is 3.42. The lowest BCUT2D eigenvalue weighted by molar-refractivity contribution is 0.0724. The summed E-state index contributed by atoms with van der Waals surface area (Å²) in [7, 11) is 1.57. The van der Waals surface area contributed by atoms with Gasteiger partial charge in [0.2, 0.25) is 0 Å². The van der Waals surface area contributed by atoms with Gasteiger partial charge in [-0.15, -0.1) is 0 Å². The quantitative estimate of drug-likeness (QED) is 0.771. The topological polar surface area (TPSA) is 38.8 Å². The molecule has 128 valence electrons. The molecule has 0 unspecified atom stereocenters. The first-order valence-electron chi connectivity index (χ1n) is 8.32. The Morgan fingerprint density at radius 2 is 1.96 bits per heavy atom. The number of hydrogen-bond acceptors (Lipinski definition) is 3. The first-order valence-corrected chi connectivity index (χ1v) is 8.70. The molecular formula is C18H26ClNO3. The third kappa shape index (κ3) is 4.77. The van der Waals surface area contributed by atoms with Crippen LogP contribution in [0.15, 0.2) is 12.1 Å². The number of rotatable bonds is 6. The van der Waals surface area contributed by atoms with E-state index in [1.807, 2.05) is 4.90 Å². The molecule has 0 spiro atoms. The molecule has 1 heterocycles. The minimum absolute atomic E-state index is 0.0126. The van der Waals surface area contributed by atoms with Gasteiger partial charge in [0, 0.05) is 18.7 Å². The zero-order valence-electron chi connectivity index (χ0n) is 14.2. The zero-order chi connectivity index (χ0) is 16.8. The molecule has 23 heavy (non-hydrogen) atoms. The third-order valence-corrected chi connectivity index (χ3v) is 4.34. The van der Waals surface area contributed by atoms with E-state index in [-0.39, 0.29) is 5.91 Å². The number of methoxy groups -OCH3 is 1. The van der Waals surface area contributed by atoms with E-state index in [4.69, 9.17) is 21.1 Å². The third-order valence-electron chi connectivity index (χ3n) is 4.06. The molecule has 1 saturated heterocycles. The van der Waals surface area contributed by atoms with E-state index in [1.54, 1.807) is 19.2 Å². The van der Waals surface area contributed by atoms with Gasteiger partial charge in [-0.2, -0.15) is 0 Å². The van der Waals surface area contributed by atoms with Crippen molar-refractivity contribution in [3.05, 3.63) is 22.7 Å². The van der Waals surface area contributed by atoms with E-state index >= 15 is 0 Å². The highest BCUT2D eigenvalue weighted by Crippen LogP contribution is 2.37. The van der Waals surface area contributed by atoms with E-state index in [0.29, 0.717) is 34.6 Å². The van der Waals surface area contributed by atoms with Crippen molar-refractivity contribution in [2.45, 2.75) is 39.5 Å². The Hall–Kier alpha value is -1.42. The van der Waals surface area contributed by atoms with Crippen molar-refractivity contribution in [1.82, 2.24) is 4.90 Å². The van der Waals surface area contributed by atoms with Gasteiger partial charge >= 0.3 is 0 Å². The smallest absolute Gasteiger partial charge is 0.254 e. The molecule has 1 fully saturated rings. The van der Waals surface area contributed by atoms with E-state index in [1.165, 1.54) is 6.42 Å². The van der Waals surface area contributed by atoms with E-state index in [0.717, 1.165) is 32.4 Å². The number of piperidine rings is 1. The van der Waals surface area contributed by atoms with Crippen molar-refractivity contribution in [3.8, 4) is 11.5 Å². The van der Waals surface area contributed by atoms with Crippen LogP contribution in [0.3, 0.4) is 0 Å². The molecule has 4 nitrogen and oxygen atoms in total. The lowest BCUT2D eigenvalue weighted by Crippen LogP contribution is -2.35. The van der Waals surface area contributed by atoms with Crippen molar-refractivity contribution in [3.63, 3.8) is 0 Å². The van der Waals surface area contributed by atoms with Gasteiger partial charge in [-0.3, -0.25) is 4.79 Å². The maximum Gasteiger partial charge on any atom is 0.254 e. The number of carbonyl (C=O) groups excluding carboxylic acids is 1. The van der Waals surface area contributed by atoms with Crippen molar-refractivity contribution >= 4 is 17.5 Å². The van der Waals surface area contributed by atoms with E-state index in [9.17, 15) is 4.79 Å². The highest BCUT2D eigenvalue weighted by Gasteiger charge is 2.21. The van der Waals surface area contributed by atoms with Gasteiger partial charge in [-0.1, -0.05) is 25.4 Å². The number of hydrogen-bond donors (Lipinski definition) is 0. The van der Waals surface area contributed by atoms with E-state index < -0.39 is 0 Å². The van der Waals surface area contributed by atoms with Crippen LogP contribution in [-0.4, -0.2) is 37.6 Å². The number of benzene rings is 1. The molecule has 0 radical (unpaired) electrons. The average Bonchev–Trinajstić information content (AvgIpc) is 2.55.